The van der Waals surface area contributed by atoms with E-state index in [1.54, 1.807) is 0 Å². The van der Waals surface area contributed by atoms with Gasteiger partial charge in [-0.05, 0) is 52.9 Å². The smallest absolute Gasteiger partial charge is 0.0426 e. The summed E-state index contributed by atoms with van der Waals surface area (Å²) in [7, 11) is 0. The molecule has 23 heavy (non-hydrogen) atoms. The Morgan fingerprint density at radius 3 is 2.26 bits per heavy atom. The third-order valence-electron chi connectivity index (χ3n) is 4.00. The molecule has 0 aliphatic heterocycles. The first-order valence-corrected chi connectivity index (χ1v) is 7.90. The lowest BCUT2D eigenvalue weighted by Crippen LogP contribution is -1.97. The molecule has 0 aromatic heterocycles. The number of allylic oxidation sites excluding steroid dienone is 2. The average Bonchev–Trinajstić information content (AvgIpc) is 2.59. The maximum absolute atomic E-state index is 3.91. The quantitative estimate of drug-likeness (QED) is 0.547. The molecule has 0 bridgehead atoms. The van der Waals surface area contributed by atoms with Crippen LogP contribution in [0, 0.1) is 0 Å². The monoisotopic (exact) mass is 299 g/mol. The van der Waals surface area contributed by atoms with Gasteiger partial charge in [0.2, 0.25) is 0 Å². The Bertz CT molecular complexity index is 828. The summed E-state index contributed by atoms with van der Waals surface area (Å²) in [6.45, 7) is 7.69. The molecule has 0 saturated carbocycles. The van der Waals surface area contributed by atoms with Gasteiger partial charge >= 0.3 is 0 Å². The fourth-order valence-electron chi connectivity index (χ4n) is 2.86. The number of hydrogen-bond acceptors (Lipinski definition) is 1. The maximum Gasteiger partial charge on any atom is 0.0426 e. The number of nitrogens with one attached hydrogen (secondary N) is 1. The first-order chi connectivity index (χ1) is 11.3. The van der Waals surface area contributed by atoms with Crippen molar-refractivity contribution in [1.29, 1.82) is 0 Å². The molecule has 0 spiro atoms. The zero-order valence-corrected chi connectivity index (χ0v) is 13.3. The van der Waals surface area contributed by atoms with E-state index in [-0.39, 0.29) is 0 Å². The Morgan fingerprint density at radius 1 is 0.783 bits per heavy atom. The molecule has 3 aromatic rings. The van der Waals surface area contributed by atoms with Crippen LogP contribution in [0.25, 0.3) is 10.8 Å². The lowest BCUT2D eigenvalue weighted by molar-refractivity contribution is 1.27. The van der Waals surface area contributed by atoms with Crippen molar-refractivity contribution in [1.82, 2.24) is 0 Å². The number of anilines is 2. The van der Waals surface area contributed by atoms with Gasteiger partial charge in [-0.15, -0.1) is 13.2 Å². The van der Waals surface area contributed by atoms with Crippen molar-refractivity contribution in [3.8, 4) is 0 Å². The Morgan fingerprint density at radius 2 is 1.52 bits per heavy atom. The molecule has 0 atom stereocenters. The second-order valence-corrected chi connectivity index (χ2v) is 5.62. The molecule has 0 aliphatic rings. The fraction of sp³-hybridized carbons (Fsp3) is 0.0909. The fourth-order valence-corrected chi connectivity index (χ4v) is 2.86. The highest BCUT2D eigenvalue weighted by Crippen LogP contribution is 2.29. The molecule has 1 heteroatoms. The number of hydrogen-bond donors (Lipinski definition) is 1. The first kappa shape index (κ1) is 15.1. The van der Waals surface area contributed by atoms with Gasteiger partial charge in [0.05, 0.1) is 0 Å². The largest absolute Gasteiger partial charge is 0.355 e. The molecule has 0 amide bonds. The van der Waals surface area contributed by atoms with Crippen LogP contribution < -0.4 is 5.32 Å². The summed E-state index contributed by atoms with van der Waals surface area (Å²) in [4.78, 5) is 0. The topological polar surface area (TPSA) is 12.0 Å². The molecule has 0 unspecified atom stereocenters. The molecule has 0 aliphatic carbocycles. The predicted molar refractivity (Wildman–Crippen MR) is 101 cm³/mol. The molecule has 0 fully saturated rings. The SMILES string of the molecule is C=CCc1ccc(Nc2ccc3ccccc3c2CC=C)cc1. The summed E-state index contributed by atoms with van der Waals surface area (Å²) in [5, 5.41) is 6.08. The van der Waals surface area contributed by atoms with E-state index >= 15 is 0 Å². The normalized spacial score (nSPS) is 10.4. The highest BCUT2D eigenvalue weighted by atomic mass is 14.9. The number of benzene rings is 3. The van der Waals surface area contributed by atoms with Crippen molar-refractivity contribution < 1.29 is 0 Å². The molecule has 1 N–H and O–H groups in total. The number of rotatable bonds is 6. The van der Waals surface area contributed by atoms with E-state index in [1.807, 2.05) is 12.2 Å². The Hall–Kier alpha value is -2.80. The van der Waals surface area contributed by atoms with Gasteiger partial charge in [-0.25, -0.2) is 0 Å². The van der Waals surface area contributed by atoms with Crippen LogP contribution >= 0.6 is 0 Å². The molecule has 114 valence electrons. The highest BCUT2D eigenvalue weighted by Gasteiger charge is 2.06. The average molecular weight is 299 g/mol. The summed E-state index contributed by atoms with van der Waals surface area (Å²) < 4.78 is 0. The van der Waals surface area contributed by atoms with Gasteiger partial charge in [-0.3, -0.25) is 0 Å². The Labute approximate surface area is 138 Å². The maximum atomic E-state index is 3.91. The highest BCUT2D eigenvalue weighted by molar-refractivity contribution is 5.91. The minimum atomic E-state index is 0.845. The third-order valence-corrected chi connectivity index (χ3v) is 4.00. The van der Waals surface area contributed by atoms with Crippen molar-refractivity contribution in [2.45, 2.75) is 12.8 Å². The van der Waals surface area contributed by atoms with Crippen LogP contribution in [0.5, 0.6) is 0 Å². The van der Waals surface area contributed by atoms with Gasteiger partial charge in [0.1, 0.15) is 0 Å². The molecule has 0 radical (unpaired) electrons. The van der Waals surface area contributed by atoms with Crippen molar-refractivity contribution in [3.63, 3.8) is 0 Å². The van der Waals surface area contributed by atoms with E-state index in [2.05, 4.69) is 79.1 Å². The molecule has 0 heterocycles. The zero-order chi connectivity index (χ0) is 16.1. The van der Waals surface area contributed by atoms with Gasteiger partial charge in [0, 0.05) is 11.4 Å². The molecule has 3 rings (SSSR count). The van der Waals surface area contributed by atoms with E-state index in [4.69, 9.17) is 0 Å². The predicted octanol–water partition coefficient (Wildman–Crippen LogP) is 6.04. The van der Waals surface area contributed by atoms with Crippen molar-refractivity contribution in [2.75, 3.05) is 5.32 Å². The lowest BCUT2D eigenvalue weighted by Gasteiger charge is -2.14. The second-order valence-electron chi connectivity index (χ2n) is 5.62. The molecule has 3 aromatic carbocycles. The van der Waals surface area contributed by atoms with Crippen LogP contribution in [0.2, 0.25) is 0 Å². The van der Waals surface area contributed by atoms with E-state index < -0.39 is 0 Å². The van der Waals surface area contributed by atoms with Crippen LogP contribution in [-0.2, 0) is 12.8 Å². The van der Waals surface area contributed by atoms with Crippen molar-refractivity contribution in [2.24, 2.45) is 0 Å². The second kappa shape index (κ2) is 6.97. The van der Waals surface area contributed by atoms with Crippen LogP contribution in [0.4, 0.5) is 11.4 Å². The summed E-state index contributed by atoms with van der Waals surface area (Å²) in [6.07, 6.45) is 5.63. The van der Waals surface area contributed by atoms with Crippen LogP contribution in [0.3, 0.4) is 0 Å². The lowest BCUT2D eigenvalue weighted by atomic mass is 10.00. The van der Waals surface area contributed by atoms with Gasteiger partial charge in [0.15, 0.2) is 0 Å². The van der Waals surface area contributed by atoms with Crippen LogP contribution in [-0.4, -0.2) is 0 Å². The van der Waals surface area contributed by atoms with Crippen molar-refractivity contribution in [3.05, 3.63) is 97.1 Å². The molecule has 0 saturated heterocycles. The third kappa shape index (κ3) is 3.35. The van der Waals surface area contributed by atoms with Crippen molar-refractivity contribution >= 4 is 22.1 Å². The van der Waals surface area contributed by atoms with Crippen LogP contribution in [0.1, 0.15) is 11.1 Å². The summed E-state index contributed by atoms with van der Waals surface area (Å²) in [5.41, 5.74) is 4.79. The van der Waals surface area contributed by atoms with E-state index in [0.29, 0.717) is 0 Å². The minimum absolute atomic E-state index is 0.845. The summed E-state index contributed by atoms with van der Waals surface area (Å²) >= 11 is 0. The first-order valence-electron chi connectivity index (χ1n) is 7.90. The van der Waals surface area contributed by atoms with Gasteiger partial charge < -0.3 is 5.32 Å². The Balaban J connectivity index is 1.96. The molecular weight excluding hydrogens is 278 g/mol. The Kier molecular flexibility index (Phi) is 4.58. The summed E-state index contributed by atoms with van der Waals surface area (Å²) in [6, 6.07) is 21.3. The standard InChI is InChI=1S/C22H21N/c1-3-7-17-11-14-19(15-12-17)23-22-16-13-18-9-5-6-10-20(18)21(22)8-4-2/h3-6,9-16,23H,1-2,7-8H2. The summed E-state index contributed by atoms with van der Waals surface area (Å²) in [5.74, 6) is 0. The van der Waals surface area contributed by atoms with Gasteiger partial charge in [-0.2, -0.15) is 0 Å². The minimum Gasteiger partial charge on any atom is -0.355 e. The van der Waals surface area contributed by atoms with E-state index in [1.165, 1.54) is 21.9 Å². The van der Waals surface area contributed by atoms with Gasteiger partial charge in [-0.1, -0.05) is 54.6 Å². The van der Waals surface area contributed by atoms with E-state index in [9.17, 15) is 0 Å². The van der Waals surface area contributed by atoms with Crippen LogP contribution in [0.15, 0.2) is 86.0 Å². The number of fused-ring (bicyclic) bond motifs is 1. The molecule has 1 nitrogen and oxygen atoms in total. The molecular formula is C22H21N. The zero-order valence-electron chi connectivity index (χ0n) is 13.3. The van der Waals surface area contributed by atoms with E-state index in [0.717, 1.165) is 24.2 Å². The van der Waals surface area contributed by atoms with Gasteiger partial charge in [0.25, 0.3) is 0 Å².